The van der Waals surface area contributed by atoms with Crippen LogP contribution in [0.5, 0.6) is 0 Å². The lowest BCUT2D eigenvalue weighted by atomic mass is 9.89. The van der Waals surface area contributed by atoms with Crippen LogP contribution in [-0.2, 0) is 0 Å². The Bertz CT molecular complexity index is 2870. The van der Waals surface area contributed by atoms with Crippen LogP contribution in [0.25, 0.3) is 81.4 Å². The quantitative estimate of drug-likeness (QED) is 0.166. The van der Waals surface area contributed by atoms with E-state index in [2.05, 4.69) is 185 Å². The fourth-order valence-corrected chi connectivity index (χ4v) is 9.48. The zero-order chi connectivity index (χ0) is 37.7. The molecule has 0 aliphatic rings. The van der Waals surface area contributed by atoms with Crippen LogP contribution in [-0.4, -0.2) is 14.6 Å². The van der Waals surface area contributed by atoms with Gasteiger partial charge in [-0.05, 0) is 127 Å². The molecule has 9 rings (SSSR count). The summed E-state index contributed by atoms with van der Waals surface area (Å²) in [4.78, 5) is 0. The fraction of sp³-hybridized carbons (Fsp3) is 0.120. The first kappa shape index (κ1) is 35.0. The van der Waals surface area contributed by atoms with Crippen molar-refractivity contribution in [3.63, 3.8) is 0 Å². The maximum atomic E-state index is 4.64. The van der Waals surface area contributed by atoms with Crippen LogP contribution in [0.15, 0.2) is 141 Å². The van der Waals surface area contributed by atoms with Gasteiger partial charge >= 0.3 is 0 Å². The minimum absolute atomic E-state index is 0.846. The summed E-state index contributed by atoms with van der Waals surface area (Å²) in [7, 11) is 0. The van der Waals surface area contributed by atoms with Crippen LogP contribution in [0.1, 0.15) is 33.4 Å². The van der Waals surface area contributed by atoms with Crippen molar-refractivity contribution in [3.05, 3.63) is 174 Å². The van der Waals surface area contributed by atoms with Crippen LogP contribution in [0.2, 0.25) is 0 Å². The number of hydrogen-bond donors (Lipinski definition) is 0. The first-order chi connectivity index (χ1) is 26.1. The molecule has 3 nitrogen and oxygen atoms in total. The molecule has 0 spiro atoms. The van der Waals surface area contributed by atoms with Gasteiger partial charge in [-0.2, -0.15) is 0 Å². The zero-order valence-electron chi connectivity index (χ0n) is 31.8. The summed E-state index contributed by atoms with van der Waals surface area (Å²) in [6.07, 6.45) is 5.35. The fourth-order valence-electron chi connectivity index (χ4n) is 8.28. The van der Waals surface area contributed by atoms with Gasteiger partial charge in [0.05, 0.1) is 0 Å². The van der Waals surface area contributed by atoms with Crippen molar-refractivity contribution >= 4 is 47.9 Å². The molecule has 264 valence electrons. The molecule has 0 amide bonds. The molecule has 0 aliphatic heterocycles. The SMILES string of the molecule is C=CC=C.Cc1cc(C)c(-c2ccc3sc4c(-c5ccc(-c6nnc7c8ccccc8ccn67)cc5)cc(-c5c(C)cc(C)cc5C)cc4c3c2)c(C)c1. The number of aromatic nitrogens is 3. The Labute approximate surface area is 321 Å². The molecule has 0 fully saturated rings. The van der Waals surface area contributed by atoms with Crippen LogP contribution < -0.4 is 0 Å². The Hall–Kier alpha value is -6.10. The van der Waals surface area contributed by atoms with Gasteiger partial charge in [0.25, 0.3) is 0 Å². The van der Waals surface area contributed by atoms with Crippen LogP contribution in [0.3, 0.4) is 0 Å². The number of aryl methyl sites for hydroxylation is 6. The van der Waals surface area contributed by atoms with Crippen molar-refractivity contribution < 1.29 is 0 Å². The van der Waals surface area contributed by atoms with Crippen molar-refractivity contribution in [2.45, 2.75) is 41.5 Å². The predicted molar refractivity (Wildman–Crippen MR) is 234 cm³/mol. The third kappa shape index (κ3) is 6.13. The second kappa shape index (κ2) is 14.0. The highest BCUT2D eigenvalue weighted by Gasteiger charge is 2.18. The second-order valence-electron chi connectivity index (χ2n) is 14.4. The maximum Gasteiger partial charge on any atom is 0.168 e. The topological polar surface area (TPSA) is 30.2 Å². The largest absolute Gasteiger partial charge is 0.282 e. The van der Waals surface area contributed by atoms with E-state index in [1.807, 2.05) is 11.3 Å². The summed E-state index contributed by atoms with van der Waals surface area (Å²) in [6.45, 7) is 20.0. The number of benzene rings is 6. The number of hydrogen-bond acceptors (Lipinski definition) is 3. The van der Waals surface area contributed by atoms with Gasteiger partial charge in [-0.25, -0.2) is 0 Å². The van der Waals surface area contributed by atoms with E-state index in [1.54, 1.807) is 12.2 Å². The lowest BCUT2D eigenvalue weighted by Gasteiger charge is -2.15. The van der Waals surface area contributed by atoms with E-state index < -0.39 is 0 Å². The van der Waals surface area contributed by atoms with Gasteiger partial charge in [0.15, 0.2) is 11.5 Å². The molecule has 4 heteroatoms. The molecular formula is C50H43N3S. The molecule has 6 aromatic carbocycles. The minimum atomic E-state index is 0.846. The highest BCUT2D eigenvalue weighted by molar-refractivity contribution is 7.26. The minimum Gasteiger partial charge on any atom is -0.282 e. The average molecular weight is 718 g/mol. The summed E-state index contributed by atoms with van der Waals surface area (Å²) in [6, 6.07) is 40.4. The van der Waals surface area contributed by atoms with Gasteiger partial charge in [0, 0.05) is 42.9 Å². The monoisotopic (exact) mass is 717 g/mol. The molecule has 54 heavy (non-hydrogen) atoms. The molecular weight excluding hydrogens is 675 g/mol. The lowest BCUT2D eigenvalue weighted by Crippen LogP contribution is -1.92. The average Bonchev–Trinajstić information content (AvgIpc) is 3.76. The number of thiophene rings is 1. The van der Waals surface area contributed by atoms with Crippen molar-refractivity contribution in [2.24, 2.45) is 0 Å². The van der Waals surface area contributed by atoms with Gasteiger partial charge in [-0.1, -0.05) is 115 Å². The van der Waals surface area contributed by atoms with E-state index in [1.165, 1.54) is 86.9 Å². The van der Waals surface area contributed by atoms with Gasteiger partial charge in [-0.15, -0.1) is 21.5 Å². The zero-order valence-corrected chi connectivity index (χ0v) is 32.6. The Balaban J connectivity index is 0.000000987. The summed E-state index contributed by atoms with van der Waals surface area (Å²) < 4.78 is 4.72. The third-order valence-corrected chi connectivity index (χ3v) is 11.6. The molecule has 0 N–H and O–H groups in total. The third-order valence-electron chi connectivity index (χ3n) is 10.4. The Kier molecular flexibility index (Phi) is 9.09. The first-order valence-electron chi connectivity index (χ1n) is 18.4. The van der Waals surface area contributed by atoms with E-state index in [0.29, 0.717) is 0 Å². The summed E-state index contributed by atoms with van der Waals surface area (Å²) in [5.74, 6) is 0.846. The number of nitrogens with zero attached hydrogens (tertiary/aromatic N) is 3. The molecule has 3 heterocycles. The Morgan fingerprint density at radius 2 is 1.11 bits per heavy atom. The van der Waals surface area contributed by atoms with E-state index in [0.717, 1.165) is 27.8 Å². The normalized spacial score (nSPS) is 11.3. The molecule has 3 aromatic heterocycles. The molecule has 0 bridgehead atoms. The smallest absolute Gasteiger partial charge is 0.168 e. The number of rotatable bonds is 5. The molecule has 0 aliphatic carbocycles. The molecule has 0 radical (unpaired) electrons. The van der Waals surface area contributed by atoms with Crippen LogP contribution in [0.4, 0.5) is 0 Å². The molecule has 0 unspecified atom stereocenters. The number of fused-ring (bicyclic) bond motifs is 6. The second-order valence-corrected chi connectivity index (χ2v) is 15.5. The standard InChI is InChI=1S/C46H37N3S.C4H6/c1-26-19-28(3)42(29(4)20-26)35-15-16-41-39(23-35)40-25-36(43-30(5)21-27(2)22-31(43)6)24-38(44(40)50-41)33-11-13-34(14-12-33)45-47-48-46-37-10-8-7-9-32(37)17-18-49(45)46;1-3-4-2/h7-25H,1-6H3;3-4H,1-2H2. The molecule has 0 saturated heterocycles. The Morgan fingerprint density at radius 1 is 0.537 bits per heavy atom. The van der Waals surface area contributed by atoms with E-state index >= 15 is 0 Å². The van der Waals surface area contributed by atoms with E-state index in [4.69, 9.17) is 0 Å². The first-order valence-corrected chi connectivity index (χ1v) is 19.2. The molecule has 0 saturated carbocycles. The Morgan fingerprint density at radius 3 is 1.76 bits per heavy atom. The highest BCUT2D eigenvalue weighted by atomic mass is 32.1. The van der Waals surface area contributed by atoms with Gasteiger partial charge < -0.3 is 0 Å². The van der Waals surface area contributed by atoms with E-state index in [9.17, 15) is 0 Å². The van der Waals surface area contributed by atoms with E-state index in [-0.39, 0.29) is 0 Å². The van der Waals surface area contributed by atoms with Crippen LogP contribution >= 0.6 is 11.3 Å². The van der Waals surface area contributed by atoms with Crippen molar-refractivity contribution in [2.75, 3.05) is 0 Å². The number of allylic oxidation sites excluding steroid dienone is 2. The highest BCUT2D eigenvalue weighted by Crippen LogP contribution is 2.45. The summed E-state index contributed by atoms with van der Waals surface area (Å²) in [5.41, 5.74) is 17.4. The lowest BCUT2D eigenvalue weighted by molar-refractivity contribution is 1.11. The number of pyridine rings is 1. The molecule has 0 atom stereocenters. The van der Waals surface area contributed by atoms with Gasteiger partial charge in [-0.3, -0.25) is 4.40 Å². The van der Waals surface area contributed by atoms with Crippen molar-refractivity contribution in [3.8, 4) is 44.8 Å². The maximum absolute atomic E-state index is 4.64. The van der Waals surface area contributed by atoms with Crippen molar-refractivity contribution in [1.29, 1.82) is 0 Å². The summed E-state index contributed by atoms with van der Waals surface area (Å²) in [5, 5.41) is 14.1. The predicted octanol–water partition coefficient (Wildman–Crippen LogP) is 14.1. The van der Waals surface area contributed by atoms with Crippen molar-refractivity contribution in [1.82, 2.24) is 14.6 Å². The van der Waals surface area contributed by atoms with Gasteiger partial charge in [0.2, 0.25) is 0 Å². The van der Waals surface area contributed by atoms with Crippen LogP contribution in [0, 0.1) is 41.5 Å². The van der Waals surface area contributed by atoms with Gasteiger partial charge in [0.1, 0.15) is 0 Å². The molecule has 9 aromatic rings. The summed E-state index contributed by atoms with van der Waals surface area (Å²) >= 11 is 1.89.